The van der Waals surface area contributed by atoms with Gasteiger partial charge < -0.3 is 10.0 Å². The highest BCUT2D eigenvalue weighted by Gasteiger charge is 2.19. The molecule has 0 aliphatic heterocycles. The Morgan fingerprint density at radius 1 is 1.73 bits per heavy atom. The number of rotatable bonds is 4. The number of hydrogen-bond acceptors (Lipinski definition) is 4. The first kappa shape index (κ1) is 12.3. The number of hydrogen-bond donors (Lipinski definition) is 1. The highest BCUT2D eigenvalue weighted by molar-refractivity contribution is 7.18. The number of aromatic nitrogens is 1. The van der Waals surface area contributed by atoms with Gasteiger partial charge in [-0.1, -0.05) is 29.9 Å². The van der Waals surface area contributed by atoms with Crippen LogP contribution in [0, 0.1) is 0 Å². The van der Waals surface area contributed by atoms with Gasteiger partial charge in [-0.05, 0) is 13.3 Å². The van der Waals surface area contributed by atoms with E-state index in [2.05, 4.69) is 18.8 Å². The van der Waals surface area contributed by atoms with E-state index in [0.29, 0.717) is 11.2 Å². The first-order chi connectivity index (χ1) is 6.97. The van der Waals surface area contributed by atoms with E-state index in [9.17, 15) is 4.79 Å². The second kappa shape index (κ2) is 4.81. The third-order valence-corrected chi connectivity index (χ3v) is 3.84. The van der Waals surface area contributed by atoms with E-state index in [0.717, 1.165) is 17.8 Å². The van der Waals surface area contributed by atoms with E-state index < -0.39 is 5.97 Å². The summed E-state index contributed by atoms with van der Waals surface area (Å²) in [4.78, 5) is 16.8. The Labute approximate surface area is 97.5 Å². The minimum absolute atomic E-state index is 0.0673. The van der Waals surface area contributed by atoms with Crippen LogP contribution in [-0.4, -0.2) is 29.1 Å². The van der Waals surface area contributed by atoms with Crippen LogP contribution in [0.4, 0.5) is 5.13 Å². The molecular formula is C9H13ClN2O2S. The molecule has 4 nitrogen and oxygen atoms in total. The van der Waals surface area contributed by atoms with Crippen molar-refractivity contribution in [3.8, 4) is 0 Å². The fourth-order valence-corrected chi connectivity index (χ4v) is 2.22. The lowest BCUT2D eigenvalue weighted by Crippen LogP contribution is -2.27. The molecule has 0 saturated heterocycles. The molecule has 1 rings (SSSR count). The number of carbonyl (C=O) groups is 1. The van der Waals surface area contributed by atoms with Crippen LogP contribution < -0.4 is 4.90 Å². The molecule has 0 amide bonds. The van der Waals surface area contributed by atoms with E-state index in [1.165, 1.54) is 0 Å². The maximum Gasteiger partial charge on any atom is 0.349 e. The topological polar surface area (TPSA) is 53.4 Å². The molecule has 84 valence electrons. The Kier molecular flexibility index (Phi) is 3.93. The third kappa shape index (κ3) is 2.60. The number of thiazole rings is 1. The van der Waals surface area contributed by atoms with Crippen molar-refractivity contribution in [3.63, 3.8) is 0 Å². The molecular weight excluding hydrogens is 236 g/mol. The van der Waals surface area contributed by atoms with Crippen molar-refractivity contribution in [3.05, 3.63) is 10.0 Å². The summed E-state index contributed by atoms with van der Waals surface area (Å²) in [5.41, 5.74) is 0. The summed E-state index contributed by atoms with van der Waals surface area (Å²) in [6, 6.07) is 0.314. The molecule has 0 aromatic carbocycles. The van der Waals surface area contributed by atoms with Gasteiger partial charge in [0.15, 0.2) is 15.2 Å². The quantitative estimate of drug-likeness (QED) is 0.890. The van der Waals surface area contributed by atoms with Crippen LogP contribution in [0.25, 0.3) is 0 Å². The Morgan fingerprint density at radius 2 is 2.33 bits per heavy atom. The summed E-state index contributed by atoms with van der Waals surface area (Å²) in [6.45, 7) is 4.12. The SMILES string of the molecule is CCC(C)N(C)c1nc(Cl)c(C(=O)O)s1. The van der Waals surface area contributed by atoms with Crippen LogP contribution >= 0.6 is 22.9 Å². The standard InChI is InChI=1S/C9H13ClN2O2S/c1-4-5(2)12(3)9-11-7(10)6(15-9)8(13)14/h5H,4H2,1-3H3,(H,13,14). The fourth-order valence-electron chi connectivity index (χ4n) is 1.04. The van der Waals surface area contributed by atoms with Gasteiger partial charge in [-0.25, -0.2) is 9.78 Å². The summed E-state index contributed by atoms with van der Waals surface area (Å²) in [5, 5.41) is 9.54. The van der Waals surface area contributed by atoms with Crippen molar-refractivity contribution >= 4 is 34.0 Å². The van der Waals surface area contributed by atoms with Crippen molar-refractivity contribution in [1.82, 2.24) is 4.98 Å². The largest absolute Gasteiger partial charge is 0.477 e. The predicted molar refractivity (Wildman–Crippen MR) is 62.2 cm³/mol. The number of nitrogens with zero attached hydrogens (tertiary/aromatic N) is 2. The second-order valence-electron chi connectivity index (χ2n) is 3.29. The molecule has 0 saturated carbocycles. The molecule has 0 bridgehead atoms. The van der Waals surface area contributed by atoms with E-state index in [4.69, 9.17) is 16.7 Å². The molecule has 6 heteroatoms. The summed E-state index contributed by atoms with van der Waals surface area (Å²) in [6.07, 6.45) is 0.968. The molecule has 0 radical (unpaired) electrons. The van der Waals surface area contributed by atoms with Gasteiger partial charge in [0.1, 0.15) is 0 Å². The van der Waals surface area contributed by atoms with Crippen LogP contribution in [0.1, 0.15) is 29.9 Å². The van der Waals surface area contributed by atoms with Crippen LogP contribution in [0.15, 0.2) is 0 Å². The average molecular weight is 249 g/mol. The zero-order valence-electron chi connectivity index (χ0n) is 8.82. The Balaban J connectivity index is 2.97. The van der Waals surface area contributed by atoms with Crippen LogP contribution in [-0.2, 0) is 0 Å². The predicted octanol–water partition coefficient (Wildman–Crippen LogP) is 2.73. The highest BCUT2D eigenvalue weighted by Crippen LogP contribution is 2.30. The molecule has 15 heavy (non-hydrogen) atoms. The third-order valence-electron chi connectivity index (χ3n) is 2.32. The van der Waals surface area contributed by atoms with Gasteiger partial charge in [-0.3, -0.25) is 0 Å². The van der Waals surface area contributed by atoms with Crippen molar-refractivity contribution in [1.29, 1.82) is 0 Å². The first-order valence-electron chi connectivity index (χ1n) is 4.59. The molecule has 1 aromatic rings. The molecule has 1 aromatic heterocycles. The number of aromatic carboxylic acids is 1. The minimum Gasteiger partial charge on any atom is -0.477 e. The number of carboxylic acid groups (broad SMARTS) is 1. The summed E-state index contributed by atoms with van der Waals surface area (Å²) in [5.74, 6) is -1.03. The van der Waals surface area contributed by atoms with E-state index in [1.54, 1.807) is 0 Å². The number of carboxylic acids is 1. The lowest BCUT2D eigenvalue weighted by molar-refractivity contribution is 0.0702. The van der Waals surface area contributed by atoms with Gasteiger partial charge in [0.05, 0.1) is 0 Å². The summed E-state index contributed by atoms with van der Waals surface area (Å²) in [7, 11) is 1.88. The monoisotopic (exact) mass is 248 g/mol. The Bertz CT molecular complexity index is 367. The lowest BCUT2D eigenvalue weighted by atomic mass is 10.2. The van der Waals surface area contributed by atoms with E-state index >= 15 is 0 Å². The van der Waals surface area contributed by atoms with Crippen molar-refractivity contribution in [2.24, 2.45) is 0 Å². The number of anilines is 1. The molecule has 0 spiro atoms. The Morgan fingerprint density at radius 3 is 2.73 bits per heavy atom. The van der Waals surface area contributed by atoms with E-state index in [-0.39, 0.29) is 10.0 Å². The molecule has 0 aliphatic rings. The average Bonchev–Trinajstić information content (AvgIpc) is 2.58. The van der Waals surface area contributed by atoms with E-state index in [1.807, 2.05) is 11.9 Å². The van der Waals surface area contributed by atoms with Crippen LogP contribution in [0.2, 0.25) is 5.15 Å². The zero-order chi connectivity index (χ0) is 11.6. The van der Waals surface area contributed by atoms with Crippen molar-refractivity contribution in [2.75, 3.05) is 11.9 Å². The van der Waals surface area contributed by atoms with Crippen molar-refractivity contribution in [2.45, 2.75) is 26.3 Å². The second-order valence-corrected chi connectivity index (χ2v) is 4.63. The van der Waals surface area contributed by atoms with Crippen molar-refractivity contribution < 1.29 is 9.90 Å². The normalized spacial score (nSPS) is 12.5. The maximum absolute atomic E-state index is 10.8. The van der Waals surface area contributed by atoms with Gasteiger partial charge in [0.2, 0.25) is 0 Å². The molecule has 0 fully saturated rings. The minimum atomic E-state index is -1.03. The van der Waals surface area contributed by atoms with Gasteiger partial charge in [0.25, 0.3) is 0 Å². The Hall–Kier alpha value is -0.810. The van der Waals surface area contributed by atoms with Gasteiger partial charge in [0, 0.05) is 13.1 Å². The van der Waals surface area contributed by atoms with Crippen LogP contribution in [0.3, 0.4) is 0 Å². The first-order valence-corrected chi connectivity index (χ1v) is 5.79. The fraction of sp³-hybridized carbons (Fsp3) is 0.556. The lowest BCUT2D eigenvalue weighted by Gasteiger charge is -2.22. The summed E-state index contributed by atoms with van der Waals surface area (Å²) < 4.78 is 0. The maximum atomic E-state index is 10.8. The molecule has 1 atom stereocenters. The summed E-state index contributed by atoms with van der Waals surface area (Å²) >= 11 is 6.83. The zero-order valence-corrected chi connectivity index (χ0v) is 10.4. The van der Waals surface area contributed by atoms with Gasteiger partial charge in [-0.2, -0.15) is 0 Å². The molecule has 1 unspecified atom stereocenters. The molecule has 0 aliphatic carbocycles. The molecule has 1 heterocycles. The molecule has 1 N–H and O–H groups in total. The smallest absolute Gasteiger partial charge is 0.349 e. The number of halogens is 1. The van der Waals surface area contributed by atoms with Crippen LogP contribution in [0.5, 0.6) is 0 Å². The highest BCUT2D eigenvalue weighted by atomic mass is 35.5. The van der Waals surface area contributed by atoms with Gasteiger partial charge >= 0.3 is 5.97 Å². The van der Waals surface area contributed by atoms with Gasteiger partial charge in [-0.15, -0.1) is 0 Å².